The van der Waals surface area contributed by atoms with Gasteiger partial charge in [0.25, 0.3) is 5.91 Å². The Morgan fingerprint density at radius 2 is 1.50 bits per heavy atom. The van der Waals surface area contributed by atoms with E-state index in [2.05, 4.69) is 55.4 Å². The van der Waals surface area contributed by atoms with Gasteiger partial charge in [-0.25, -0.2) is 9.18 Å². The smallest absolute Gasteiger partial charge is 0.330 e. The van der Waals surface area contributed by atoms with E-state index in [0.717, 1.165) is 6.08 Å². The fourth-order valence-electron chi connectivity index (χ4n) is 2.79. The van der Waals surface area contributed by atoms with Gasteiger partial charge in [-0.2, -0.15) is 0 Å². The average Bonchev–Trinajstić information content (AvgIpc) is 2.65. The molecule has 0 heterocycles. The van der Waals surface area contributed by atoms with Crippen molar-refractivity contribution in [3.63, 3.8) is 0 Å². The van der Waals surface area contributed by atoms with Crippen molar-refractivity contribution in [2.24, 2.45) is 0 Å². The Morgan fingerprint density at radius 3 is 1.97 bits per heavy atom. The lowest BCUT2D eigenvalue weighted by atomic mass is 10.1. The molecule has 0 saturated heterocycles. The minimum absolute atomic E-state index is 0.236. The fourth-order valence-corrected chi connectivity index (χ4v) is 5.29. The lowest BCUT2D eigenvalue weighted by molar-refractivity contribution is -0.134. The number of methoxy groups -OCH3 is 1. The van der Waals surface area contributed by atoms with Crippen molar-refractivity contribution in [2.45, 2.75) is 39.3 Å². The minimum atomic E-state index is -1.61. The molecule has 0 atom stereocenters. The second-order valence-electron chi connectivity index (χ2n) is 9.35. The van der Waals surface area contributed by atoms with Crippen LogP contribution >= 0.6 is 0 Å². The topological polar surface area (TPSA) is 55.4 Å². The van der Waals surface area contributed by atoms with E-state index in [1.165, 1.54) is 35.7 Å². The van der Waals surface area contributed by atoms with Crippen molar-refractivity contribution in [3.05, 3.63) is 59.4 Å². The molecule has 0 unspecified atom stereocenters. The highest BCUT2D eigenvalue weighted by molar-refractivity contribution is 6.91. The highest BCUT2D eigenvalue weighted by Crippen LogP contribution is 2.17. The Balaban J connectivity index is 2.32. The van der Waals surface area contributed by atoms with Crippen molar-refractivity contribution in [3.8, 4) is 0 Å². The molecule has 0 bridgehead atoms. The summed E-state index contributed by atoms with van der Waals surface area (Å²) in [4.78, 5) is 24.1. The van der Waals surface area contributed by atoms with Crippen LogP contribution in [0.5, 0.6) is 0 Å². The standard InChI is InChI=1S/C23H30FNO3Si2/c1-28-22(26)11-9-16-8-10-18(14-21(16)24)25-23(27)17-12-19(29(2,3)4)15-20(13-17)30(5,6)7/h8-15H,1-7H3,(H,25,27)/b11-9+. The van der Waals surface area contributed by atoms with E-state index < -0.39 is 27.9 Å². The number of amides is 1. The number of rotatable bonds is 6. The maximum absolute atomic E-state index is 14.4. The Kier molecular flexibility index (Phi) is 7.20. The molecule has 0 aliphatic heterocycles. The monoisotopic (exact) mass is 443 g/mol. The summed E-state index contributed by atoms with van der Waals surface area (Å²) in [5.41, 5.74) is 1.20. The third-order valence-corrected chi connectivity index (χ3v) is 8.83. The summed E-state index contributed by atoms with van der Waals surface area (Å²) in [5.74, 6) is -1.36. The minimum Gasteiger partial charge on any atom is -0.466 e. The van der Waals surface area contributed by atoms with Gasteiger partial charge in [0.05, 0.1) is 23.3 Å². The van der Waals surface area contributed by atoms with E-state index in [0.29, 0.717) is 11.3 Å². The molecule has 4 nitrogen and oxygen atoms in total. The molecular weight excluding hydrogens is 413 g/mol. The molecule has 1 amide bonds. The first-order valence-corrected chi connectivity index (χ1v) is 16.8. The number of halogens is 1. The quantitative estimate of drug-likeness (QED) is 0.410. The zero-order valence-electron chi connectivity index (χ0n) is 18.7. The van der Waals surface area contributed by atoms with E-state index in [1.54, 1.807) is 6.07 Å². The maximum atomic E-state index is 14.4. The first-order chi connectivity index (χ1) is 13.8. The average molecular weight is 444 g/mol. The van der Waals surface area contributed by atoms with Crippen molar-refractivity contribution in [1.29, 1.82) is 0 Å². The van der Waals surface area contributed by atoms with E-state index >= 15 is 0 Å². The molecule has 0 fully saturated rings. The van der Waals surface area contributed by atoms with Crippen molar-refractivity contribution < 1.29 is 18.7 Å². The van der Waals surface area contributed by atoms with Gasteiger partial charge < -0.3 is 10.1 Å². The molecule has 0 saturated carbocycles. The van der Waals surface area contributed by atoms with Crippen LogP contribution < -0.4 is 15.7 Å². The predicted molar refractivity (Wildman–Crippen MR) is 128 cm³/mol. The number of ether oxygens (including phenoxy) is 1. The number of benzene rings is 2. The van der Waals surface area contributed by atoms with Gasteiger partial charge in [0, 0.05) is 22.9 Å². The van der Waals surface area contributed by atoms with Crippen LogP contribution in [0.3, 0.4) is 0 Å². The molecule has 2 aromatic rings. The summed E-state index contributed by atoms with van der Waals surface area (Å²) in [6, 6.07) is 10.6. The molecule has 0 aliphatic carbocycles. The normalized spacial score (nSPS) is 12.1. The first kappa shape index (κ1) is 23.8. The predicted octanol–water partition coefficient (Wildman–Crippen LogP) is 4.35. The van der Waals surface area contributed by atoms with E-state index in [4.69, 9.17) is 0 Å². The van der Waals surface area contributed by atoms with Crippen molar-refractivity contribution >= 4 is 50.2 Å². The van der Waals surface area contributed by atoms with Gasteiger partial charge in [0.2, 0.25) is 0 Å². The molecular formula is C23H30FNO3Si2. The van der Waals surface area contributed by atoms with Gasteiger partial charge in [-0.3, -0.25) is 4.79 Å². The Hall–Kier alpha value is -2.52. The van der Waals surface area contributed by atoms with E-state index in [-0.39, 0.29) is 11.5 Å². The molecule has 2 aromatic carbocycles. The number of anilines is 1. The number of esters is 1. The molecule has 7 heteroatoms. The molecule has 160 valence electrons. The third-order valence-electron chi connectivity index (χ3n) is 4.79. The molecule has 30 heavy (non-hydrogen) atoms. The maximum Gasteiger partial charge on any atom is 0.330 e. The Morgan fingerprint density at radius 1 is 0.933 bits per heavy atom. The Labute approximate surface area is 180 Å². The van der Waals surface area contributed by atoms with Crippen LogP contribution in [-0.4, -0.2) is 35.1 Å². The van der Waals surface area contributed by atoms with Crippen LogP contribution in [0.4, 0.5) is 10.1 Å². The number of nitrogens with one attached hydrogen (secondary N) is 1. The van der Waals surface area contributed by atoms with Gasteiger partial charge in [-0.05, 0) is 24.3 Å². The van der Waals surface area contributed by atoms with Crippen LogP contribution in [0.15, 0.2) is 42.5 Å². The first-order valence-electron chi connectivity index (χ1n) is 9.84. The molecule has 2 rings (SSSR count). The number of carbonyl (C=O) groups excluding carboxylic acids is 2. The van der Waals surface area contributed by atoms with Gasteiger partial charge >= 0.3 is 5.97 Å². The van der Waals surface area contributed by atoms with E-state index in [1.807, 2.05) is 12.1 Å². The summed E-state index contributed by atoms with van der Waals surface area (Å²) >= 11 is 0. The third kappa shape index (κ3) is 6.24. The van der Waals surface area contributed by atoms with Crippen LogP contribution in [0.25, 0.3) is 6.08 Å². The van der Waals surface area contributed by atoms with Crippen molar-refractivity contribution in [1.82, 2.24) is 0 Å². The fraction of sp³-hybridized carbons (Fsp3) is 0.304. The highest BCUT2D eigenvalue weighted by Gasteiger charge is 2.24. The number of hydrogen-bond acceptors (Lipinski definition) is 3. The largest absolute Gasteiger partial charge is 0.466 e. The molecule has 0 aromatic heterocycles. The second kappa shape index (κ2) is 9.10. The van der Waals surface area contributed by atoms with Crippen LogP contribution in [0, 0.1) is 5.82 Å². The summed E-state index contributed by atoms with van der Waals surface area (Å²) in [6.45, 7) is 13.5. The highest BCUT2D eigenvalue weighted by atomic mass is 28.3. The molecule has 0 spiro atoms. The molecule has 1 N–H and O–H groups in total. The molecule has 0 aliphatic rings. The summed E-state index contributed by atoms with van der Waals surface area (Å²) in [6.07, 6.45) is 2.49. The second-order valence-corrected chi connectivity index (χ2v) is 19.5. The summed E-state index contributed by atoms with van der Waals surface area (Å²) in [7, 11) is -1.97. The van der Waals surface area contributed by atoms with Gasteiger partial charge in [-0.1, -0.05) is 67.9 Å². The van der Waals surface area contributed by atoms with E-state index in [9.17, 15) is 14.0 Å². The van der Waals surface area contributed by atoms with Crippen LogP contribution in [-0.2, 0) is 9.53 Å². The zero-order valence-corrected chi connectivity index (χ0v) is 20.7. The summed E-state index contributed by atoms with van der Waals surface area (Å²) < 4.78 is 18.9. The van der Waals surface area contributed by atoms with Crippen LogP contribution in [0.2, 0.25) is 39.3 Å². The Bertz CT molecular complexity index is 957. The van der Waals surface area contributed by atoms with Crippen molar-refractivity contribution in [2.75, 3.05) is 12.4 Å². The van der Waals surface area contributed by atoms with Gasteiger partial charge in [-0.15, -0.1) is 0 Å². The lowest BCUT2D eigenvalue weighted by Crippen LogP contribution is -2.46. The number of carbonyl (C=O) groups is 2. The van der Waals surface area contributed by atoms with Gasteiger partial charge in [0.15, 0.2) is 0 Å². The van der Waals surface area contributed by atoms with Crippen LogP contribution in [0.1, 0.15) is 15.9 Å². The number of hydrogen-bond donors (Lipinski definition) is 1. The lowest BCUT2D eigenvalue weighted by Gasteiger charge is -2.24. The SMILES string of the molecule is COC(=O)/C=C/c1ccc(NC(=O)c2cc([Si](C)(C)C)cc([Si](C)(C)C)c2)cc1F. The summed E-state index contributed by atoms with van der Waals surface area (Å²) in [5, 5.41) is 5.27. The molecule has 0 radical (unpaired) electrons. The zero-order chi connectivity index (χ0) is 22.7. The van der Waals surface area contributed by atoms with Gasteiger partial charge in [0.1, 0.15) is 5.82 Å².